The van der Waals surface area contributed by atoms with Gasteiger partial charge in [-0.2, -0.15) is 11.8 Å². The molecule has 0 aliphatic carbocycles. The number of rotatable bonds is 3. The Labute approximate surface area is 171 Å². The number of nitrogens with two attached hydrogens (primary N) is 1. The first kappa shape index (κ1) is 20.0. The van der Waals surface area contributed by atoms with Gasteiger partial charge in [-0.1, -0.05) is 17.7 Å². The van der Waals surface area contributed by atoms with Crippen LogP contribution in [0.3, 0.4) is 0 Å². The maximum absolute atomic E-state index is 6.15. The van der Waals surface area contributed by atoms with Crippen LogP contribution >= 0.6 is 47.3 Å². The highest BCUT2D eigenvalue weighted by atomic mass is 127. The lowest BCUT2D eigenvalue weighted by molar-refractivity contribution is 0.452. The van der Waals surface area contributed by atoms with Crippen LogP contribution in [0.1, 0.15) is 12.0 Å². The van der Waals surface area contributed by atoms with E-state index < -0.39 is 0 Å². The molecule has 24 heavy (non-hydrogen) atoms. The van der Waals surface area contributed by atoms with E-state index in [9.17, 15) is 0 Å². The van der Waals surface area contributed by atoms with E-state index in [0.717, 1.165) is 55.2 Å². The SMILES string of the molecule is Cc1ccc(Cl)cc1N1CCC(CN=C(N)N2CCSCC2)C1.I. The molecule has 2 aliphatic heterocycles. The summed E-state index contributed by atoms with van der Waals surface area (Å²) in [5.74, 6) is 3.61. The Bertz CT molecular complexity index is 578. The second-order valence-corrected chi connectivity index (χ2v) is 7.99. The minimum atomic E-state index is 0. The van der Waals surface area contributed by atoms with Crippen molar-refractivity contribution in [1.82, 2.24) is 4.90 Å². The van der Waals surface area contributed by atoms with Crippen molar-refractivity contribution >= 4 is 59.0 Å². The van der Waals surface area contributed by atoms with Gasteiger partial charge in [-0.3, -0.25) is 4.99 Å². The van der Waals surface area contributed by atoms with Crippen LogP contribution in [-0.2, 0) is 0 Å². The van der Waals surface area contributed by atoms with Crippen LogP contribution in [0.2, 0.25) is 5.02 Å². The largest absolute Gasteiger partial charge is 0.371 e. The molecule has 0 radical (unpaired) electrons. The average molecular weight is 481 g/mol. The summed E-state index contributed by atoms with van der Waals surface area (Å²) < 4.78 is 0. The Morgan fingerprint density at radius 1 is 1.33 bits per heavy atom. The van der Waals surface area contributed by atoms with Crippen LogP contribution in [0.4, 0.5) is 5.69 Å². The van der Waals surface area contributed by atoms with Gasteiger partial charge < -0.3 is 15.5 Å². The van der Waals surface area contributed by atoms with Gasteiger partial charge in [0.05, 0.1) is 0 Å². The number of thioether (sulfide) groups is 1. The van der Waals surface area contributed by atoms with Gasteiger partial charge in [0.1, 0.15) is 0 Å². The highest BCUT2D eigenvalue weighted by Crippen LogP contribution is 2.29. The van der Waals surface area contributed by atoms with Gasteiger partial charge in [-0.05, 0) is 37.0 Å². The molecule has 2 fully saturated rings. The fourth-order valence-electron chi connectivity index (χ4n) is 3.24. The molecule has 0 spiro atoms. The van der Waals surface area contributed by atoms with E-state index >= 15 is 0 Å². The molecule has 1 aromatic rings. The highest BCUT2D eigenvalue weighted by Gasteiger charge is 2.24. The number of halogens is 2. The Balaban J connectivity index is 0.00000208. The Hall–Kier alpha value is -0.340. The summed E-state index contributed by atoms with van der Waals surface area (Å²) in [6.07, 6.45) is 1.17. The average Bonchev–Trinajstić information content (AvgIpc) is 3.04. The summed E-state index contributed by atoms with van der Waals surface area (Å²) in [4.78, 5) is 9.29. The van der Waals surface area contributed by atoms with E-state index in [1.165, 1.54) is 17.7 Å². The van der Waals surface area contributed by atoms with Gasteiger partial charge in [0.2, 0.25) is 0 Å². The smallest absolute Gasteiger partial charge is 0.191 e. The molecule has 2 aliphatic rings. The molecule has 1 atom stereocenters. The molecule has 0 aromatic heterocycles. The van der Waals surface area contributed by atoms with Crippen LogP contribution in [0.25, 0.3) is 0 Å². The second kappa shape index (κ2) is 9.38. The minimum Gasteiger partial charge on any atom is -0.371 e. The predicted molar refractivity (Wildman–Crippen MR) is 117 cm³/mol. The zero-order chi connectivity index (χ0) is 16.2. The number of hydrogen-bond donors (Lipinski definition) is 1. The van der Waals surface area contributed by atoms with Crippen molar-refractivity contribution < 1.29 is 0 Å². The molecule has 0 bridgehead atoms. The molecule has 1 aromatic carbocycles. The van der Waals surface area contributed by atoms with E-state index in [1.54, 1.807) is 0 Å². The summed E-state index contributed by atoms with van der Waals surface area (Å²) in [6, 6.07) is 6.12. The lowest BCUT2D eigenvalue weighted by Crippen LogP contribution is -2.43. The monoisotopic (exact) mass is 480 g/mol. The number of hydrogen-bond acceptors (Lipinski definition) is 3. The standard InChI is InChI=1S/C17H25ClN4S.HI/c1-13-2-3-15(18)10-16(13)22-5-4-14(12-22)11-20-17(19)21-6-8-23-9-7-21;/h2-3,10,14H,4-9,11-12H2,1H3,(H2,19,20);1H. The van der Waals surface area contributed by atoms with Crippen molar-refractivity contribution in [1.29, 1.82) is 0 Å². The van der Waals surface area contributed by atoms with Gasteiger partial charge in [-0.15, -0.1) is 24.0 Å². The van der Waals surface area contributed by atoms with E-state index in [-0.39, 0.29) is 24.0 Å². The lowest BCUT2D eigenvalue weighted by Gasteiger charge is -2.27. The topological polar surface area (TPSA) is 44.9 Å². The molecule has 2 heterocycles. The van der Waals surface area contributed by atoms with Gasteiger partial charge in [0.25, 0.3) is 0 Å². The van der Waals surface area contributed by atoms with Crippen LogP contribution in [0.15, 0.2) is 23.2 Å². The summed E-state index contributed by atoms with van der Waals surface area (Å²) in [7, 11) is 0. The van der Waals surface area contributed by atoms with Gasteiger partial charge in [0, 0.05) is 54.9 Å². The first-order valence-electron chi connectivity index (χ1n) is 8.27. The van der Waals surface area contributed by atoms with Crippen LogP contribution < -0.4 is 10.6 Å². The number of aryl methyl sites for hydroxylation is 1. The fraction of sp³-hybridized carbons (Fsp3) is 0.588. The molecule has 3 rings (SSSR count). The van der Waals surface area contributed by atoms with Crippen molar-refractivity contribution in [2.24, 2.45) is 16.6 Å². The van der Waals surface area contributed by atoms with Crippen molar-refractivity contribution in [2.75, 3.05) is 49.1 Å². The highest BCUT2D eigenvalue weighted by molar-refractivity contribution is 14.0. The van der Waals surface area contributed by atoms with Crippen molar-refractivity contribution in [3.05, 3.63) is 28.8 Å². The minimum absolute atomic E-state index is 0. The molecule has 2 saturated heterocycles. The Morgan fingerprint density at radius 2 is 2.08 bits per heavy atom. The zero-order valence-corrected chi connectivity index (χ0v) is 18.0. The Morgan fingerprint density at radius 3 is 2.83 bits per heavy atom. The second-order valence-electron chi connectivity index (χ2n) is 6.33. The number of anilines is 1. The Kier molecular flexibility index (Phi) is 7.81. The fourth-order valence-corrected chi connectivity index (χ4v) is 4.31. The third-order valence-electron chi connectivity index (χ3n) is 4.64. The maximum Gasteiger partial charge on any atom is 0.191 e. The molecular formula is C17H26ClIN4S. The van der Waals surface area contributed by atoms with E-state index in [1.807, 2.05) is 17.8 Å². The third-order valence-corrected chi connectivity index (χ3v) is 5.82. The van der Waals surface area contributed by atoms with Crippen molar-refractivity contribution in [2.45, 2.75) is 13.3 Å². The first-order chi connectivity index (χ1) is 11.1. The van der Waals surface area contributed by atoms with Crippen LogP contribution in [0, 0.1) is 12.8 Å². The molecule has 0 saturated carbocycles. The zero-order valence-electron chi connectivity index (χ0n) is 14.1. The maximum atomic E-state index is 6.15. The number of benzene rings is 1. The molecule has 7 heteroatoms. The van der Waals surface area contributed by atoms with Gasteiger partial charge in [-0.25, -0.2) is 0 Å². The summed E-state index contributed by atoms with van der Waals surface area (Å²) >= 11 is 8.14. The third kappa shape index (κ3) is 5.08. The molecular weight excluding hydrogens is 455 g/mol. The molecule has 0 amide bonds. The number of aliphatic imine (C=N–C) groups is 1. The molecule has 1 unspecified atom stereocenters. The van der Waals surface area contributed by atoms with Crippen LogP contribution in [-0.4, -0.2) is 55.1 Å². The van der Waals surface area contributed by atoms with E-state index in [4.69, 9.17) is 17.3 Å². The summed E-state index contributed by atoms with van der Waals surface area (Å²) in [5, 5.41) is 0.805. The van der Waals surface area contributed by atoms with Gasteiger partial charge in [0.15, 0.2) is 5.96 Å². The normalized spacial score (nSPS) is 21.8. The molecule has 2 N–H and O–H groups in total. The quantitative estimate of drug-likeness (QED) is 0.409. The number of nitrogens with zero attached hydrogens (tertiary/aromatic N) is 3. The first-order valence-corrected chi connectivity index (χ1v) is 9.80. The number of guanidine groups is 1. The van der Waals surface area contributed by atoms with Crippen molar-refractivity contribution in [3.8, 4) is 0 Å². The summed E-state index contributed by atoms with van der Waals surface area (Å²) in [5.41, 5.74) is 8.69. The lowest BCUT2D eigenvalue weighted by atomic mass is 10.1. The predicted octanol–water partition coefficient (Wildman–Crippen LogP) is 3.46. The van der Waals surface area contributed by atoms with Crippen LogP contribution in [0.5, 0.6) is 0 Å². The van der Waals surface area contributed by atoms with Gasteiger partial charge >= 0.3 is 0 Å². The van der Waals surface area contributed by atoms with E-state index in [0.29, 0.717) is 5.92 Å². The molecule has 4 nitrogen and oxygen atoms in total. The summed E-state index contributed by atoms with van der Waals surface area (Å²) in [6.45, 7) is 7.13. The van der Waals surface area contributed by atoms with Crippen molar-refractivity contribution in [3.63, 3.8) is 0 Å². The van der Waals surface area contributed by atoms with E-state index in [2.05, 4.69) is 33.8 Å². The molecule has 134 valence electrons.